The lowest BCUT2D eigenvalue weighted by molar-refractivity contribution is 0.266. The van der Waals surface area contributed by atoms with Crippen LogP contribution in [-0.4, -0.2) is 30.8 Å². The van der Waals surface area contributed by atoms with Crippen LogP contribution in [-0.2, 0) is 6.42 Å². The van der Waals surface area contributed by atoms with Gasteiger partial charge in [-0.1, -0.05) is 18.2 Å². The van der Waals surface area contributed by atoms with E-state index in [-0.39, 0.29) is 12.6 Å². The predicted molar refractivity (Wildman–Crippen MR) is 66.7 cm³/mol. The summed E-state index contributed by atoms with van der Waals surface area (Å²) < 4.78 is 0. The Bertz CT molecular complexity index is 340. The van der Waals surface area contributed by atoms with Gasteiger partial charge < -0.3 is 15.7 Å². The van der Waals surface area contributed by atoms with Crippen LogP contribution in [0.4, 0.5) is 5.69 Å². The SMILES string of the molecule is NC(CO)CN1CCCCc2ccccc21. The van der Waals surface area contributed by atoms with Crippen LogP contribution in [0.25, 0.3) is 0 Å². The molecule has 1 unspecified atom stereocenters. The summed E-state index contributed by atoms with van der Waals surface area (Å²) in [6, 6.07) is 8.37. The number of aliphatic hydroxyl groups is 1. The number of nitrogens with two attached hydrogens (primary N) is 1. The van der Waals surface area contributed by atoms with Crippen molar-refractivity contribution >= 4 is 5.69 Å². The van der Waals surface area contributed by atoms with Gasteiger partial charge in [0.1, 0.15) is 0 Å². The molecule has 2 rings (SSSR count). The van der Waals surface area contributed by atoms with Crippen molar-refractivity contribution in [1.82, 2.24) is 0 Å². The average Bonchev–Trinajstić information content (AvgIpc) is 2.52. The molecular formula is C13H20N2O. The van der Waals surface area contributed by atoms with Gasteiger partial charge >= 0.3 is 0 Å². The third kappa shape index (κ3) is 2.54. The van der Waals surface area contributed by atoms with Gasteiger partial charge in [0.15, 0.2) is 0 Å². The highest BCUT2D eigenvalue weighted by atomic mass is 16.3. The van der Waals surface area contributed by atoms with Gasteiger partial charge in [-0.25, -0.2) is 0 Å². The van der Waals surface area contributed by atoms with Crippen LogP contribution in [0.3, 0.4) is 0 Å². The first-order chi connectivity index (χ1) is 7.81. The van der Waals surface area contributed by atoms with E-state index in [0.717, 1.165) is 19.5 Å². The molecule has 0 fully saturated rings. The molecule has 16 heavy (non-hydrogen) atoms. The molecule has 0 amide bonds. The molecule has 0 aromatic heterocycles. The van der Waals surface area contributed by atoms with Crippen molar-refractivity contribution in [2.24, 2.45) is 5.73 Å². The zero-order valence-corrected chi connectivity index (χ0v) is 9.60. The molecule has 1 heterocycles. The maximum absolute atomic E-state index is 9.03. The highest BCUT2D eigenvalue weighted by Crippen LogP contribution is 2.25. The minimum Gasteiger partial charge on any atom is -0.395 e. The van der Waals surface area contributed by atoms with Gasteiger partial charge in [0.25, 0.3) is 0 Å². The molecule has 1 aromatic rings. The van der Waals surface area contributed by atoms with Crippen LogP contribution < -0.4 is 10.6 Å². The minimum absolute atomic E-state index is 0.0542. The van der Waals surface area contributed by atoms with Gasteiger partial charge in [-0.2, -0.15) is 0 Å². The molecule has 0 saturated heterocycles. The number of fused-ring (bicyclic) bond motifs is 1. The Hall–Kier alpha value is -1.06. The molecule has 3 nitrogen and oxygen atoms in total. The van der Waals surface area contributed by atoms with Gasteiger partial charge in [0.2, 0.25) is 0 Å². The molecule has 0 spiro atoms. The first-order valence-electron chi connectivity index (χ1n) is 6.00. The van der Waals surface area contributed by atoms with Crippen LogP contribution in [0.2, 0.25) is 0 Å². The third-order valence-corrected chi connectivity index (χ3v) is 3.15. The number of rotatable bonds is 3. The highest BCUT2D eigenvalue weighted by Gasteiger charge is 2.16. The van der Waals surface area contributed by atoms with E-state index >= 15 is 0 Å². The van der Waals surface area contributed by atoms with E-state index in [1.807, 2.05) is 0 Å². The van der Waals surface area contributed by atoms with E-state index in [0.29, 0.717) is 0 Å². The van der Waals surface area contributed by atoms with E-state index in [2.05, 4.69) is 29.2 Å². The van der Waals surface area contributed by atoms with Gasteiger partial charge in [0.05, 0.1) is 6.61 Å². The number of aryl methyl sites for hydroxylation is 1. The largest absolute Gasteiger partial charge is 0.395 e. The molecule has 3 heteroatoms. The van der Waals surface area contributed by atoms with Gasteiger partial charge in [-0.05, 0) is 30.9 Å². The molecule has 0 radical (unpaired) electrons. The maximum atomic E-state index is 9.03. The molecule has 0 saturated carbocycles. The Balaban J connectivity index is 2.19. The lowest BCUT2D eigenvalue weighted by Gasteiger charge is -2.27. The zero-order chi connectivity index (χ0) is 11.4. The van der Waals surface area contributed by atoms with Crippen molar-refractivity contribution < 1.29 is 5.11 Å². The van der Waals surface area contributed by atoms with Crippen molar-refractivity contribution in [3.8, 4) is 0 Å². The van der Waals surface area contributed by atoms with Crippen LogP contribution in [0.5, 0.6) is 0 Å². The molecule has 1 aliphatic heterocycles. The molecule has 0 bridgehead atoms. The summed E-state index contributed by atoms with van der Waals surface area (Å²) in [7, 11) is 0. The Labute approximate surface area is 96.9 Å². The molecule has 1 atom stereocenters. The van der Waals surface area contributed by atoms with E-state index in [1.165, 1.54) is 24.1 Å². The van der Waals surface area contributed by atoms with Crippen molar-refractivity contribution in [3.63, 3.8) is 0 Å². The Morgan fingerprint density at radius 1 is 1.31 bits per heavy atom. The summed E-state index contributed by atoms with van der Waals surface area (Å²) in [6.07, 6.45) is 3.59. The number of anilines is 1. The second-order valence-electron chi connectivity index (χ2n) is 4.47. The quantitative estimate of drug-likeness (QED) is 0.803. The predicted octanol–water partition coefficient (Wildman–Crippen LogP) is 1.15. The fourth-order valence-electron chi connectivity index (χ4n) is 2.30. The first-order valence-corrected chi connectivity index (χ1v) is 6.00. The number of aliphatic hydroxyl groups excluding tert-OH is 1. The molecule has 3 N–H and O–H groups in total. The lowest BCUT2D eigenvalue weighted by Crippen LogP contribution is -2.40. The number of nitrogens with zero attached hydrogens (tertiary/aromatic N) is 1. The van der Waals surface area contributed by atoms with Crippen molar-refractivity contribution in [3.05, 3.63) is 29.8 Å². The highest BCUT2D eigenvalue weighted by molar-refractivity contribution is 5.54. The summed E-state index contributed by atoms with van der Waals surface area (Å²) in [5.41, 5.74) is 8.52. The number of para-hydroxylation sites is 1. The third-order valence-electron chi connectivity index (χ3n) is 3.15. The normalized spacial score (nSPS) is 17.8. The molecule has 88 valence electrons. The number of hydrogen-bond donors (Lipinski definition) is 2. The maximum Gasteiger partial charge on any atom is 0.0599 e. The minimum atomic E-state index is -0.147. The second kappa shape index (κ2) is 5.32. The van der Waals surface area contributed by atoms with Gasteiger partial charge in [-0.3, -0.25) is 0 Å². The summed E-state index contributed by atoms with van der Waals surface area (Å²) in [5.74, 6) is 0. The van der Waals surface area contributed by atoms with Crippen molar-refractivity contribution in [2.45, 2.75) is 25.3 Å². The van der Waals surface area contributed by atoms with Crippen LogP contribution in [0.15, 0.2) is 24.3 Å². The smallest absolute Gasteiger partial charge is 0.0599 e. The molecule has 0 aliphatic carbocycles. The summed E-state index contributed by atoms with van der Waals surface area (Å²) in [4.78, 5) is 2.31. The van der Waals surface area contributed by atoms with Crippen molar-refractivity contribution in [2.75, 3.05) is 24.6 Å². The summed E-state index contributed by atoms with van der Waals surface area (Å²) >= 11 is 0. The van der Waals surface area contributed by atoms with Crippen LogP contribution in [0.1, 0.15) is 18.4 Å². The van der Waals surface area contributed by atoms with E-state index in [4.69, 9.17) is 10.8 Å². The summed E-state index contributed by atoms with van der Waals surface area (Å²) in [6.45, 7) is 1.84. The van der Waals surface area contributed by atoms with E-state index < -0.39 is 0 Å². The lowest BCUT2D eigenvalue weighted by atomic mass is 10.1. The number of hydrogen-bond acceptors (Lipinski definition) is 3. The Kier molecular flexibility index (Phi) is 3.80. The molecular weight excluding hydrogens is 200 g/mol. The summed E-state index contributed by atoms with van der Waals surface area (Å²) in [5, 5.41) is 9.03. The monoisotopic (exact) mass is 220 g/mol. The average molecular weight is 220 g/mol. The molecule has 1 aliphatic rings. The number of benzene rings is 1. The van der Waals surface area contributed by atoms with E-state index in [1.54, 1.807) is 0 Å². The second-order valence-corrected chi connectivity index (χ2v) is 4.47. The Morgan fingerprint density at radius 3 is 2.94 bits per heavy atom. The van der Waals surface area contributed by atoms with Crippen LogP contribution >= 0.6 is 0 Å². The van der Waals surface area contributed by atoms with Crippen LogP contribution in [0, 0.1) is 0 Å². The van der Waals surface area contributed by atoms with E-state index in [9.17, 15) is 0 Å². The fraction of sp³-hybridized carbons (Fsp3) is 0.538. The standard InChI is InChI=1S/C13H20N2O/c14-12(10-16)9-15-8-4-3-6-11-5-1-2-7-13(11)15/h1-2,5,7,12,16H,3-4,6,8-10,14H2. The van der Waals surface area contributed by atoms with Gasteiger partial charge in [0, 0.05) is 24.8 Å². The topological polar surface area (TPSA) is 49.5 Å². The van der Waals surface area contributed by atoms with Gasteiger partial charge in [-0.15, -0.1) is 0 Å². The first kappa shape index (κ1) is 11.4. The zero-order valence-electron chi connectivity index (χ0n) is 9.60. The fourth-order valence-corrected chi connectivity index (χ4v) is 2.30. The van der Waals surface area contributed by atoms with Crippen molar-refractivity contribution in [1.29, 1.82) is 0 Å². The Morgan fingerprint density at radius 2 is 2.12 bits per heavy atom. The molecule has 1 aromatic carbocycles.